The summed E-state index contributed by atoms with van der Waals surface area (Å²) in [7, 11) is 1.63. The maximum absolute atomic E-state index is 12.8. The van der Waals surface area contributed by atoms with Crippen molar-refractivity contribution in [2.75, 3.05) is 12.4 Å². The molecule has 1 N–H and O–H groups in total. The van der Waals surface area contributed by atoms with Crippen molar-refractivity contribution in [2.45, 2.75) is 11.5 Å². The van der Waals surface area contributed by atoms with E-state index in [1.165, 1.54) is 0 Å². The smallest absolute Gasteiger partial charge is 0.258 e. The number of benzene rings is 2. The van der Waals surface area contributed by atoms with E-state index < -0.39 is 0 Å². The number of fused-ring (bicyclic) bond motifs is 1. The van der Waals surface area contributed by atoms with Gasteiger partial charge in [-0.15, -0.1) is 0 Å². The molecule has 0 saturated carbocycles. The van der Waals surface area contributed by atoms with Crippen LogP contribution in [0.4, 0.5) is 5.82 Å². The van der Waals surface area contributed by atoms with Gasteiger partial charge in [-0.1, -0.05) is 23.7 Å². The van der Waals surface area contributed by atoms with E-state index in [4.69, 9.17) is 21.4 Å². The first kappa shape index (κ1) is 17.0. The van der Waals surface area contributed by atoms with E-state index in [-0.39, 0.29) is 5.91 Å². The topological polar surface area (TPSA) is 56.1 Å². The van der Waals surface area contributed by atoms with Crippen LogP contribution >= 0.6 is 23.4 Å². The zero-order valence-electron chi connectivity index (χ0n) is 14.0. The molecule has 0 bridgehead atoms. The standard InChI is InChI=1S/C19H16ClN3O2S/c1-25-13-8-6-12(7-9-13)23-18(15-10-26-11-17(15)22-23)21-19(24)14-4-2-3-5-16(14)20/h2-9H,10-11H2,1H3,(H,21,24). The molecule has 0 fully saturated rings. The van der Waals surface area contributed by atoms with Crippen LogP contribution in [0.15, 0.2) is 48.5 Å². The summed E-state index contributed by atoms with van der Waals surface area (Å²) < 4.78 is 6.99. The van der Waals surface area contributed by atoms with Crippen LogP contribution < -0.4 is 10.1 Å². The first-order valence-corrected chi connectivity index (χ1v) is 9.59. The lowest BCUT2D eigenvalue weighted by Crippen LogP contribution is -2.16. The van der Waals surface area contributed by atoms with E-state index in [9.17, 15) is 4.79 Å². The highest BCUT2D eigenvalue weighted by atomic mass is 35.5. The number of amides is 1. The number of anilines is 1. The predicted octanol–water partition coefficient (Wildman–Crippen LogP) is 4.53. The van der Waals surface area contributed by atoms with Crippen molar-refractivity contribution >= 4 is 35.1 Å². The molecule has 132 valence electrons. The highest BCUT2D eigenvalue weighted by Crippen LogP contribution is 2.36. The number of methoxy groups -OCH3 is 1. The van der Waals surface area contributed by atoms with Gasteiger partial charge < -0.3 is 10.1 Å². The SMILES string of the molecule is COc1ccc(-n2nc3c(c2NC(=O)c2ccccc2Cl)CSC3)cc1. The summed E-state index contributed by atoms with van der Waals surface area (Å²) in [6.07, 6.45) is 0. The van der Waals surface area contributed by atoms with E-state index in [0.29, 0.717) is 16.4 Å². The molecule has 1 aromatic heterocycles. The molecule has 0 radical (unpaired) electrons. The molecule has 4 rings (SSSR count). The lowest BCUT2D eigenvalue weighted by Gasteiger charge is -2.12. The number of thioether (sulfide) groups is 1. The van der Waals surface area contributed by atoms with Crippen molar-refractivity contribution in [2.24, 2.45) is 0 Å². The molecule has 5 nitrogen and oxygen atoms in total. The van der Waals surface area contributed by atoms with Crippen LogP contribution in [0.3, 0.4) is 0 Å². The first-order valence-electron chi connectivity index (χ1n) is 8.06. The van der Waals surface area contributed by atoms with Crippen LogP contribution in [-0.2, 0) is 11.5 Å². The number of hydrogen-bond acceptors (Lipinski definition) is 4. The van der Waals surface area contributed by atoms with E-state index in [0.717, 1.165) is 34.2 Å². The molecule has 0 spiro atoms. The van der Waals surface area contributed by atoms with Crippen LogP contribution in [-0.4, -0.2) is 22.8 Å². The molecule has 0 saturated heterocycles. The Morgan fingerprint density at radius 3 is 2.69 bits per heavy atom. The lowest BCUT2D eigenvalue weighted by atomic mass is 10.2. The minimum Gasteiger partial charge on any atom is -0.497 e. The Kier molecular flexibility index (Phi) is 4.61. The van der Waals surface area contributed by atoms with Crippen molar-refractivity contribution in [3.05, 3.63) is 70.4 Å². The summed E-state index contributed by atoms with van der Waals surface area (Å²) in [4.78, 5) is 12.8. The quantitative estimate of drug-likeness (QED) is 0.716. The molecule has 0 unspecified atom stereocenters. The van der Waals surface area contributed by atoms with E-state index in [2.05, 4.69) is 5.32 Å². The van der Waals surface area contributed by atoms with Crippen LogP contribution in [0.1, 0.15) is 21.6 Å². The van der Waals surface area contributed by atoms with Gasteiger partial charge in [0, 0.05) is 17.1 Å². The van der Waals surface area contributed by atoms with Gasteiger partial charge in [-0.2, -0.15) is 16.9 Å². The Hall–Kier alpha value is -2.44. The minimum absolute atomic E-state index is 0.245. The molecule has 0 aliphatic carbocycles. The number of nitrogens with one attached hydrogen (secondary N) is 1. The summed E-state index contributed by atoms with van der Waals surface area (Å²) in [5, 5.41) is 8.12. The highest BCUT2D eigenvalue weighted by Gasteiger charge is 2.25. The van der Waals surface area contributed by atoms with Crippen LogP contribution in [0.25, 0.3) is 5.69 Å². The summed E-state index contributed by atoms with van der Waals surface area (Å²) in [6, 6.07) is 14.6. The zero-order valence-corrected chi connectivity index (χ0v) is 15.6. The van der Waals surface area contributed by atoms with Gasteiger partial charge in [-0.25, -0.2) is 4.68 Å². The van der Waals surface area contributed by atoms with Gasteiger partial charge in [0.2, 0.25) is 0 Å². The van der Waals surface area contributed by atoms with Gasteiger partial charge in [0.15, 0.2) is 0 Å². The molecule has 26 heavy (non-hydrogen) atoms. The largest absolute Gasteiger partial charge is 0.497 e. The number of aromatic nitrogens is 2. The van der Waals surface area contributed by atoms with E-state index >= 15 is 0 Å². The van der Waals surface area contributed by atoms with Crippen LogP contribution in [0.2, 0.25) is 5.02 Å². The molecule has 0 atom stereocenters. The Balaban J connectivity index is 1.73. The average molecular weight is 386 g/mol. The van der Waals surface area contributed by atoms with Crippen molar-refractivity contribution in [1.29, 1.82) is 0 Å². The van der Waals surface area contributed by atoms with Gasteiger partial charge in [0.05, 0.1) is 29.1 Å². The summed E-state index contributed by atoms with van der Waals surface area (Å²) >= 11 is 7.95. The van der Waals surface area contributed by atoms with Gasteiger partial charge in [0.1, 0.15) is 11.6 Å². The average Bonchev–Trinajstić information content (AvgIpc) is 3.25. The molecule has 2 heterocycles. The molecule has 7 heteroatoms. The highest BCUT2D eigenvalue weighted by molar-refractivity contribution is 7.98. The second-order valence-electron chi connectivity index (χ2n) is 5.81. The number of carbonyl (C=O) groups is 1. The number of rotatable bonds is 4. The molecular weight excluding hydrogens is 370 g/mol. The van der Waals surface area contributed by atoms with Crippen LogP contribution in [0.5, 0.6) is 5.75 Å². The summed E-state index contributed by atoms with van der Waals surface area (Å²) in [6.45, 7) is 0. The van der Waals surface area contributed by atoms with Crippen molar-refractivity contribution in [3.8, 4) is 11.4 Å². The second-order valence-corrected chi connectivity index (χ2v) is 7.20. The predicted molar refractivity (Wildman–Crippen MR) is 105 cm³/mol. The van der Waals surface area contributed by atoms with Gasteiger partial charge in [-0.3, -0.25) is 4.79 Å². The second kappa shape index (κ2) is 7.05. The maximum Gasteiger partial charge on any atom is 0.258 e. The third-order valence-corrected chi connectivity index (χ3v) is 5.52. The fraction of sp³-hybridized carbons (Fsp3) is 0.158. The molecule has 1 aliphatic rings. The van der Waals surface area contributed by atoms with Crippen molar-refractivity contribution in [3.63, 3.8) is 0 Å². The fourth-order valence-corrected chi connectivity index (χ4v) is 4.13. The molecular formula is C19H16ClN3O2S. The lowest BCUT2D eigenvalue weighted by molar-refractivity contribution is 0.102. The Bertz CT molecular complexity index is 969. The summed E-state index contributed by atoms with van der Waals surface area (Å²) in [5.41, 5.74) is 3.36. The molecule has 1 aliphatic heterocycles. The number of halogens is 1. The zero-order chi connectivity index (χ0) is 18.1. The van der Waals surface area contributed by atoms with Crippen LogP contribution in [0, 0.1) is 0 Å². The van der Waals surface area contributed by atoms with E-state index in [1.54, 1.807) is 47.8 Å². The molecule has 3 aromatic rings. The molecule has 2 aromatic carbocycles. The number of nitrogens with zero attached hydrogens (tertiary/aromatic N) is 2. The number of ether oxygens (including phenoxy) is 1. The Morgan fingerprint density at radius 2 is 1.96 bits per heavy atom. The third kappa shape index (κ3) is 3.06. The Labute approximate surface area is 160 Å². The number of hydrogen-bond donors (Lipinski definition) is 1. The monoisotopic (exact) mass is 385 g/mol. The van der Waals surface area contributed by atoms with Gasteiger partial charge >= 0.3 is 0 Å². The van der Waals surface area contributed by atoms with Crippen molar-refractivity contribution < 1.29 is 9.53 Å². The van der Waals surface area contributed by atoms with Gasteiger partial charge in [-0.05, 0) is 36.4 Å². The van der Waals surface area contributed by atoms with E-state index in [1.807, 2.05) is 24.3 Å². The van der Waals surface area contributed by atoms with Crippen molar-refractivity contribution in [1.82, 2.24) is 9.78 Å². The third-order valence-electron chi connectivity index (χ3n) is 4.22. The minimum atomic E-state index is -0.245. The molecule has 1 amide bonds. The Morgan fingerprint density at radius 1 is 1.19 bits per heavy atom. The van der Waals surface area contributed by atoms with Gasteiger partial charge in [0.25, 0.3) is 5.91 Å². The first-order chi connectivity index (χ1) is 12.7. The number of carbonyl (C=O) groups excluding carboxylic acids is 1. The maximum atomic E-state index is 12.8. The summed E-state index contributed by atoms with van der Waals surface area (Å²) in [5.74, 6) is 2.88. The normalized spacial score (nSPS) is 12.7. The fourth-order valence-electron chi connectivity index (χ4n) is 2.87.